The maximum atomic E-state index is 12.5. The van der Waals surface area contributed by atoms with Crippen LogP contribution in [0.3, 0.4) is 0 Å². The number of benzene rings is 1. The summed E-state index contributed by atoms with van der Waals surface area (Å²) in [6.07, 6.45) is 1.22. The molecule has 0 spiro atoms. The Morgan fingerprint density at radius 2 is 1.79 bits per heavy atom. The van der Waals surface area contributed by atoms with Crippen molar-refractivity contribution in [1.29, 1.82) is 0 Å². The first-order valence-electron chi connectivity index (χ1n) is 8.26. The number of halogens is 1. The Hall–Kier alpha value is -1.44. The number of anilines is 1. The lowest BCUT2D eigenvalue weighted by molar-refractivity contribution is -0.134. The molecule has 1 aromatic rings. The predicted octanol–water partition coefficient (Wildman–Crippen LogP) is 1.62. The van der Waals surface area contributed by atoms with Gasteiger partial charge in [-0.1, -0.05) is 15.9 Å². The minimum atomic E-state index is -0.891. The molecule has 2 amide bonds. The molecule has 0 atom stereocenters. The third-order valence-electron chi connectivity index (χ3n) is 4.54. The number of morpholine rings is 1. The first-order chi connectivity index (χ1) is 11.6. The van der Waals surface area contributed by atoms with Crippen LogP contribution in [0, 0.1) is 5.41 Å². The monoisotopic (exact) mass is 395 g/mol. The lowest BCUT2D eigenvalue weighted by Gasteiger charge is -2.26. The normalized spacial score (nSPS) is 19.5. The highest BCUT2D eigenvalue weighted by Gasteiger charge is 2.56. The van der Waals surface area contributed by atoms with Gasteiger partial charge in [0.2, 0.25) is 11.8 Å². The zero-order valence-corrected chi connectivity index (χ0v) is 15.1. The Morgan fingerprint density at radius 3 is 2.42 bits per heavy atom. The summed E-state index contributed by atoms with van der Waals surface area (Å²) in [5, 5.41) is 5.76. The van der Waals surface area contributed by atoms with E-state index in [-0.39, 0.29) is 11.8 Å². The van der Waals surface area contributed by atoms with E-state index in [9.17, 15) is 9.59 Å². The molecule has 2 N–H and O–H groups in total. The fourth-order valence-corrected chi connectivity index (χ4v) is 3.05. The second-order valence-corrected chi connectivity index (χ2v) is 7.17. The highest BCUT2D eigenvalue weighted by Crippen LogP contribution is 2.46. The molecule has 7 heteroatoms. The number of carbonyl (C=O) groups excluding carboxylic acids is 2. The number of rotatable bonds is 6. The summed E-state index contributed by atoms with van der Waals surface area (Å²) < 4.78 is 6.25. The Morgan fingerprint density at radius 1 is 1.12 bits per heavy atom. The van der Waals surface area contributed by atoms with Crippen molar-refractivity contribution in [3.63, 3.8) is 0 Å². The van der Waals surface area contributed by atoms with Gasteiger partial charge in [0, 0.05) is 36.3 Å². The summed E-state index contributed by atoms with van der Waals surface area (Å²) >= 11 is 3.36. The van der Waals surface area contributed by atoms with Crippen molar-refractivity contribution in [1.82, 2.24) is 10.2 Å². The van der Waals surface area contributed by atoms with Gasteiger partial charge >= 0.3 is 0 Å². The van der Waals surface area contributed by atoms with Crippen molar-refractivity contribution in [2.45, 2.75) is 12.8 Å². The molecular weight excluding hydrogens is 374 g/mol. The molecule has 2 fully saturated rings. The second kappa shape index (κ2) is 7.63. The van der Waals surface area contributed by atoms with Crippen molar-refractivity contribution in [3.05, 3.63) is 28.7 Å². The number of ether oxygens (including phenoxy) is 1. The van der Waals surface area contributed by atoms with Gasteiger partial charge in [-0.2, -0.15) is 0 Å². The predicted molar refractivity (Wildman–Crippen MR) is 94.7 cm³/mol. The van der Waals surface area contributed by atoms with Gasteiger partial charge in [0.25, 0.3) is 0 Å². The number of hydrogen-bond donors (Lipinski definition) is 2. The lowest BCUT2D eigenvalue weighted by Crippen LogP contribution is -2.45. The van der Waals surface area contributed by atoms with E-state index >= 15 is 0 Å². The maximum Gasteiger partial charge on any atom is 0.240 e. The van der Waals surface area contributed by atoms with Crippen molar-refractivity contribution >= 4 is 33.4 Å². The molecule has 1 saturated carbocycles. The zero-order valence-electron chi connectivity index (χ0n) is 13.5. The Bertz CT molecular complexity index is 596. The van der Waals surface area contributed by atoms with Gasteiger partial charge in [0.05, 0.1) is 13.2 Å². The van der Waals surface area contributed by atoms with Gasteiger partial charge in [0.1, 0.15) is 5.41 Å². The topological polar surface area (TPSA) is 70.7 Å². The smallest absolute Gasteiger partial charge is 0.240 e. The van der Waals surface area contributed by atoms with Crippen LogP contribution in [0.15, 0.2) is 28.7 Å². The van der Waals surface area contributed by atoms with Crippen LogP contribution in [0.25, 0.3) is 0 Å². The summed E-state index contributed by atoms with van der Waals surface area (Å²) in [5.74, 6) is -0.376. The van der Waals surface area contributed by atoms with Gasteiger partial charge in [-0.25, -0.2) is 0 Å². The first-order valence-corrected chi connectivity index (χ1v) is 9.05. The maximum absolute atomic E-state index is 12.5. The summed E-state index contributed by atoms with van der Waals surface area (Å²) in [6, 6.07) is 7.35. The van der Waals surface area contributed by atoms with Crippen LogP contribution >= 0.6 is 15.9 Å². The van der Waals surface area contributed by atoms with E-state index in [1.54, 1.807) is 0 Å². The van der Waals surface area contributed by atoms with E-state index in [1.165, 1.54) is 0 Å². The van der Waals surface area contributed by atoms with Crippen LogP contribution in [0.5, 0.6) is 0 Å². The van der Waals surface area contributed by atoms with Gasteiger partial charge < -0.3 is 15.4 Å². The number of hydrogen-bond acceptors (Lipinski definition) is 4. The number of nitrogens with zero attached hydrogens (tertiary/aromatic N) is 1. The molecule has 6 nitrogen and oxygen atoms in total. The molecule has 1 aromatic carbocycles. The third kappa shape index (κ3) is 4.15. The summed E-state index contributed by atoms with van der Waals surface area (Å²) in [4.78, 5) is 27.2. The minimum absolute atomic E-state index is 0.162. The highest BCUT2D eigenvalue weighted by molar-refractivity contribution is 9.10. The van der Waals surface area contributed by atoms with E-state index in [4.69, 9.17) is 4.74 Å². The second-order valence-electron chi connectivity index (χ2n) is 6.25. The molecule has 1 saturated heterocycles. The van der Waals surface area contributed by atoms with Crippen LogP contribution < -0.4 is 10.6 Å². The van der Waals surface area contributed by atoms with Crippen molar-refractivity contribution in [2.24, 2.45) is 5.41 Å². The van der Waals surface area contributed by atoms with Gasteiger partial charge in [-0.05, 0) is 37.1 Å². The van der Waals surface area contributed by atoms with Crippen molar-refractivity contribution in [2.75, 3.05) is 44.7 Å². The summed E-state index contributed by atoms with van der Waals surface area (Å²) in [6.45, 7) is 4.63. The van der Waals surface area contributed by atoms with Crippen molar-refractivity contribution in [3.8, 4) is 0 Å². The SMILES string of the molecule is O=C(NCCN1CCOCC1)C1(C(=O)Nc2ccc(Br)cc2)CC1. The van der Waals surface area contributed by atoms with E-state index in [1.807, 2.05) is 24.3 Å². The molecule has 1 aliphatic carbocycles. The fourth-order valence-electron chi connectivity index (χ4n) is 2.79. The fraction of sp³-hybridized carbons (Fsp3) is 0.529. The van der Waals surface area contributed by atoms with Crippen LogP contribution in [0.4, 0.5) is 5.69 Å². The van der Waals surface area contributed by atoms with Gasteiger partial charge in [-0.15, -0.1) is 0 Å². The third-order valence-corrected chi connectivity index (χ3v) is 5.07. The van der Waals surface area contributed by atoms with Gasteiger partial charge in [-0.3, -0.25) is 14.5 Å². The van der Waals surface area contributed by atoms with Crippen LogP contribution in [-0.4, -0.2) is 56.1 Å². The zero-order chi connectivity index (χ0) is 17.0. The molecule has 24 heavy (non-hydrogen) atoms. The van der Waals surface area contributed by atoms with Crippen LogP contribution in [0.2, 0.25) is 0 Å². The number of amides is 2. The average Bonchev–Trinajstić information content (AvgIpc) is 3.40. The van der Waals surface area contributed by atoms with Crippen molar-refractivity contribution < 1.29 is 14.3 Å². The largest absolute Gasteiger partial charge is 0.379 e. The highest BCUT2D eigenvalue weighted by atomic mass is 79.9. The van der Waals surface area contributed by atoms with E-state index < -0.39 is 5.41 Å². The standard InChI is InChI=1S/C17H22BrN3O3/c18-13-1-3-14(4-2-13)20-16(23)17(5-6-17)15(22)19-7-8-21-9-11-24-12-10-21/h1-4H,5-12H2,(H,19,22)(H,20,23). The minimum Gasteiger partial charge on any atom is -0.379 e. The van der Waals surface area contributed by atoms with E-state index in [0.717, 1.165) is 37.3 Å². The molecule has 1 heterocycles. The number of carbonyl (C=O) groups is 2. The molecule has 0 aromatic heterocycles. The van der Waals surface area contributed by atoms with Crippen LogP contribution in [-0.2, 0) is 14.3 Å². The quantitative estimate of drug-likeness (QED) is 0.717. The van der Waals surface area contributed by atoms with Gasteiger partial charge in [0.15, 0.2) is 0 Å². The Balaban J connectivity index is 1.48. The Kier molecular flexibility index (Phi) is 5.53. The molecule has 0 radical (unpaired) electrons. The summed E-state index contributed by atoms with van der Waals surface area (Å²) in [5.41, 5.74) is -0.187. The molecule has 0 unspecified atom stereocenters. The average molecular weight is 396 g/mol. The molecular formula is C17H22BrN3O3. The molecule has 130 valence electrons. The van der Waals surface area contributed by atoms with E-state index in [2.05, 4.69) is 31.5 Å². The molecule has 3 rings (SSSR count). The van der Waals surface area contributed by atoms with E-state index in [0.29, 0.717) is 25.1 Å². The molecule has 2 aliphatic rings. The molecule has 0 bridgehead atoms. The molecule has 1 aliphatic heterocycles. The number of nitrogens with one attached hydrogen (secondary N) is 2. The lowest BCUT2D eigenvalue weighted by atomic mass is 10.1. The first kappa shape index (κ1) is 17.4. The Labute approximate surface area is 150 Å². The summed E-state index contributed by atoms with van der Waals surface area (Å²) in [7, 11) is 0. The van der Waals surface area contributed by atoms with Crippen LogP contribution in [0.1, 0.15) is 12.8 Å².